The Hall–Kier alpha value is 0.310. The van der Waals surface area contributed by atoms with Crippen molar-refractivity contribution < 1.29 is 5.11 Å². The molecule has 12 heavy (non-hydrogen) atoms. The molecule has 0 fully saturated rings. The van der Waals surface area contributed by atoms with Crippen LogP contribution in [0.5, 0.6) is 0 Å². The quantitative estimate of drug-likeness (QED) is 0.445. The van der Waals surface area contributed by atoms with Gasteiger partial charge in [0.2, 0.25) is 0 Å². The van der Waals surface area contributed by atoms with Gasteiger partial charge in [-0.3, -0.25) is 0 Å². The topological polar surface area (TPSA) is 20.2 Å². The van der Waals surface area contributed by atoms with E-state index in [1.165, 1.54) is 38.5 Å². The first-order valence-corrected chi connectivity index (χ1v) is 5.61. The van der Waals surface area contributed by atoms with Crippen molar-refractivity contribution >= 4 is 12.6 Å². The Labute approximate surface area is 82.0 Å². The van der Waals surface area contributed by atoms with Crippen LogP contribution in [0.2, 0.25) is 0 Å². The zero-order chi connectivity index (χ0) is 9.23. The fourth-order valence-corrected chi connectivity index (χ4v) is 1.43. The van der Waals surface area contributed by atoms with E-state index in [0.717, 1.165) is 6.42 Å². The van der Waals surface area contributed by atoms with E-state index in [-0.39, 0.29) is 11.9 Å². The van der Waals surface area contributed by atoms with Crippen LogP contribution in [0, 0.1) is 0 Å². The second-order valence-electron chi connectivity index (χ2n) is 3.39. The van der Waals surface area contributed by atoms with Crippen molar-refractivity contribution in [1.29, 1.82) is 0 Å². The minimum atomic E-state index is 0.205. The van der Waals surface area contributed by atoms with Gasteiger partial charge in [0.05, 0.1) is 6.61 Å². The number of thiol groups is 1. The molecule has 0 aliphatic carbocycles. The molecule has 0 rings (SSSR count). The SMILES string of the molecule is CCCCCCCCC(S)CO. The van der Waals surface area contributed by atoms with Gasteiger partial charge in [0, 0.05) is 5.25 Å². The highest BCUT2D eigenvalue weighted by Crippen LogP contribution is 2.10. The minimum absolute atomic E-state index is 0.205. The van der Waals surface area contributed by atoms with Crippen LogP contribution in [0.4, 0.5) is 0 Å². The van der Waals surface area contributed by atoms with Crippen molar-refractivity contribution in [3.63, 3.8) is 0 Å². The molecule has 2 heteroatoms. The Kier molecular flexibility index (Phi) is 9.64. The fraction of sp³-hybridized carbons (Fsp3) is 1.00. The van der Waals surface area contributed by atoms with Crippen LogP contribution in [0.15, 0.2) is 0 Å². The monoisotopic (exact) mass is 190 g/mol. The molecule has 0 radical (unpaired) electrons. The molecule has 0 heterocycles. The molecule has 1 unspecified atom stereocenters. The maximum atomic E-state index is 8.70. The summed E-state index contributed by atoms with van der Waals surface area (Å²) in [7, 11) is 0. The first-order valence-electron chi connectivity index (χ1n) is 5.10. The van der Waals surface area contributed by atoms with Gasteiger partial charge in [-0.05, 0) is 6.42 Å². The van der Waals surface area contributed by atoms with Crippen LogP contribution < -0.4 is 0 Å². The van der Waals surface area contributed by atoms with Gasteiger partial charge in [-0.25, -0.2) is 0 Å². The van der Waals surface area contributed by atoms with Crippen LogP contribution in [-0.2, 0) is 0 Å². The highest BCUT2D eigenvalue weighted by molar-refractivity contribution is 7.81. The second-order valence-corrected chi connectivity index (χ2v) is 4.12. The number of unbranched alkanes of at least 4 members (excludes halogenated alkanes) is 5. The maximum absolute atomic E-state index is 8.70. The lowest BCUT2D eigenvalue weighted by Crippen LogP contribution is -2.03. The third-order valence-electron chi connectivity index (χ3n) is 2.10. The molecule has 1 N–H and O–H groups in total. The van der Waals surface area contributed by atoms with Crippen LogP contribution in [0.3, 0.4) is 0 Å². The molecule has 1 atom stereocenters. The molecule has 0 spiro atoms. The van der Waals surface area contributed by atoms with E-state index in [9.17, 15) is 0 Å². The predicted molar refractivity (Wildman–Crippen MR) is 57.9 cm³/mol. The number of aliphatic hydroxyl groups is 1. The molecule has 0 saturated heterocycles. The molecule has 0 saturated carbocycles. The van der Waals surface area contributed by atoms with Gasteiger partial charge in [-0.1, -0.05) is 45.4 Å². The van der Waals surface area contributed by atoms with Gasteiger partial charge in [0.25, 0.3) is 0 Å². The average molecular weight is 190 g/mol. The van der Waals surface area contributed by atoms with E-state index in [4.69, 9.17) is 5.11 Å². The highest BCUT2D eigenvalue weighted by atomic mass is 32.1. The second kappa shape index (κ2) is 9.40. The Morgan fingerprint density at radius 2 is 1.67 bits per heavy atom. The van der Waals surface area contributed by atoms with Crippen molar-refractivity contribution in [2.45, 2.75) is 57.1 Å². The van der Waals surface area contributed by atoms with Crippen molar-refractivity contribution in [2.24, 2.45) is 0 Å². The zero-order valence-electron chi connectivity index (χ0n) is 8.13. The smallest absolute Gasteiger partial charge is 0.0547 e. The van der Waals surface area contributed by atoms with E-state index in [1.54, 1.807) is 0 Å². The van der Waals surface area contributed by atoms with E-state index in [1.807, 2.05) is 0 Å². The van der Waals surface area contributed by atoms with Gasteiger partial charge in [-0.2, -0.15) is 12.6 Å². The Bertz CT molecular complexity index is 85.9. The first-order chi connectivity index (χ1) is 5.81. The molecule has 0 aromatic rings. The number of rotatable bonds is 8. The number of hydrogen-bond acceptors (Lipinski definition) is 2. The summed E-state index contributed by atoms with van der Waals surface area (Å²) in [6.07, 6.45) is 8.98. The Balaban J connectivity index is 2.90. The third kappa shape index (κ3) is 8.41. The largest absolute Gasteiger partial charge is 0.395 e. The van der Waals surface area contributed by atoms with Crippen molar-refractivity contribution in [1.82, 2.24) is 0 Å². The summed E-state index contributed by atoms with van der Waals surface area (Å²) < 4.78 is 0. The normalized spacial score (nSPS) is 13.2. The zero-order valence-corrected chi connectivity index (χ0v) is 9.02. The van der Waals surface area contributed by atoms with E-state index < -0.39 is 0 Å². The van der Waals surface area contributed by atoms with Gasteiger partial charge < -0.3 is 5.11 Å². The lowest BCUT2D eigenvalue weighted by atomic mass is 10.1. The Morgan fingerprint density at radius 3 is 2.25 bits per heavy atom. The van der Waals surface area contributed by atoms with Crippen LogP contribution in [0.25, 0.3) is 0 Å². The molecule has 0 aromatic heterocycles. The molecular formula is C10H22OS. The summed E-state index contributed by atoms with van der Waals surface area (Å²) in [5.74, 6) is 0. The predicted octanol–water partition coefficient (Wildman–Crippen LogP) is 3.03. The maximum Gasteiger partial charge on any atom is 0.0547 e. The number of hydrogen-bond donors (Lipinski definition) is 2. The first kappa shape index (κ1) is 12.3. The lowest BCUT2D eigenvalue weighted by molar-refractivity contribution is 0.289. The standard InChI is InChI=1S/C10H22OS/c1-2-3-4-5-6-7-8-10(12)9-11/h10-12H,2-9H2,1H3. The third-order valence-corrected chi connectivity index (χ3v) is 2.52. The summed E-state index contributed by atoms with van der Waals surface area (Å²) in [5.41, 5.74) is 0. The molecule has 0 aliphatic rings. The minimum Gasteiger partial charge on any atom is -0.395 e. The summed E-state index contributed by atoms with van der Waals surface area (Å²) in [6.45, 7) is 2.45. The molecule has 0 aromatic carbocycles. The molecule has 0 aliphatic heterocycles. The summed E-state index contributed by atoms with van der Waals surface area (Å²) in [4.78, 5) is 0. The Morgan fingerprint density at radius 1 is 1.08 bits per heavy atom. The van der Waals surface area contributed by atoms with Gasteiger partial charge in [0.1, 0.15) is 0 Å². The molecule has 74 valence electrons. The molecular weight excluding hydrogens is 168 g/mol. The fourth-order valence-electron chi connectivity index (χ4n) is 1.25. The van der Waals surface area contributed by atoms with Crippen molar-refractivity contribution in [2.75, 3.05) is 6.61 Å². The lowest BCUT2D eigenvalue weighted by Gasteiger charge is -2.05. The summed E-state index contributed by atoms with van der Waals surface area (Å²) in [5, 5.41) is 8.90. The van der Waals surface area contributed by atoms with Gasteiger partial charge in [0.15, 0.2) is 0 Å². The molecule has 0 amide bonds. The van der Waals surface area contributed by atoms with Crippen molar-refractivity contribution in [3.8, 4) is 0 Å². The van der Waals surface area contributed by atoms with E-state index in [0.29, 0.717) is 0 Å². The molecule has 1 nitrogen and oxygen atoms in total. The van der Waals surface area contributed by atoms with Crippen LogP contribution in [0.1, 0.15) is 51.9 Å². The average Bonchev–Trinajstić information content (AvgIpc) is 2.10. The summed E-state index contributed by atoms with van der Waals surface area (Å²) >= 11 is 4.22. The van der Waals surface area contributed by atoms with Gasteiger partial charge in [-0.15, -0.1) is 0 Å². The number of aliphatic hydroxyl groups excluding tert-OH is 1. The molecule has 0 bridgehead atoms. The van der Waals surface area contributed by atoms with Crippen molar-refractivity contribution in [3.05, 3.63) is 0 Å². The van der Waals surface area contributed by atoms with Gasteiger partial charge >= 0.3 is 0 Å². The summed E-state index contributed by atoms with van der Waals surface area (Å²) in [6, 6.07) is 0. The van der Waals surface area contributed by atoms with E-state index >= 15 is 0 Å². The van der Waals surface area contributed by atoms with E-state index in [2.05, 4.69) is 19.6 Å². The van der Waals surface area contributed by atoms with Crippen LogP contribution in [-0.4, -0.2) is 17.0 Å². The van der Waals surface area contributed by atoms with Crippen LogP contribution >= 0.6 is 12.6 Å². The highest BCUT2D eigenvalue weighted by Gasteiger charge is 1.99.